The Morgan fingerprint density at radius 1 is 0.733 bits per heavy atom. The van der Waals surface area contributed by atoms with E-state index in [1.807, 2.05) is 91.0 Å². The Morgan fingerprint density at radius 2 is 1.27 bits per heavy atom. The van der Waals surface area contributed by atoms with Crippen molar-refractivity contribution in [1.82, 2.24) is 21.3 Å². The monoisotopic (exact) mass is 618 g/mol. The molecule has 3 aromatic carbocycles. The third kappa shape index (κ3) is 13.2. The van der Waals surface area contributed by atoms with Gasteiger partial charge in [0.1, 0.15) is 12.6 Å². The molecule has 0 aliphatic carbocycles. The van der Waals surface area contributed by atoms with Gasteiger partial charge in [-0.1, -0.05) is 91.0 Å². The number of alkyl carbamates (subject to hydrolysis) is 1. The van der Waals surface area contributed by atoms with Crippen molar-refractivity contribution < 1.29 is 29.0 Å². The van der Waals surface area contributed by atoms with Crippen molar-refractivity contribution in [1.29, 1.82) is 0 Å². The van der Waals surface area contributed by atoms with Gasteiger partial charge in [-0.15, -0.1) is 0 Å². The molecule has 3 rings (SSSR count). The molecule has 3 aromatic rings. The number of carbonyl (C=O) groups is 4. The Balaban J connectivity index is 1.48. The van der Waals surface area contributed by atoms with Crippen LogP contribution in [0.15, 0.2) is 91.0 Å². The second-order valence-electron chi connectivity index (χ2n) is 10.6. The molecule has 45 heavy (non-hydrogen) atoms. The fourth-order valence-electron chi connectivity index (χ4n) is 4.44. The van der Waals surface area contributed by atoms with E-state index in [1.165, 1.54) is 0 Å². The Hall–Kier alpha value is -4.78. The Bertz CT molecular complexity index is 1350. The predicted octanol–water partition coefficient (Wildman–Crippen LogP) is 0.521. The number of aliphatic hydroxyl groups is 1. The number of hydrogen-bond acceptors (Lipinski definition) is 8. The molecule has 0 fully saturated rings. The summed E-state index contributed by atoms with van der Waals surface area (Å²) in [6, 6.07) is 25.2. The first-order valence-corrected chi connectivity index (χ1v) is 14.8. The first-order chi connectivity index (χ1) is 21.7. The highest BCUT2D eigenvalue weighted by Crippen LogP contribution is 2.08. The number of benzene rings is 3. The SMILES string of the molecule is NC(=O)[C@H](CC(=O)NCCNC(=O)OCc1ccccc1)NC(=O)[C@H](Cc1ccccc1)NCC(O)[C@@H](N)Cc1ccccc1. The molecular formula is C33H42N6O6. The summed E-state index contributed by atoms with van der Waals surface area (Å²) < 4.78 is 5.11. The van der Waals surface area contributed by atoms with Crippen LogP contribution >= 0.6 is 0 Å². The fraction of sp³-hybridized carbons (Fsp3) is 0.333. The number of nitrogens with one attached hydrogen (secondary N) is 4. The first-order valence-electron chi connectivity index (χ1n) is 14.8. The summed E-state index contributed by atoms with van der Waals surface area (Å²) in [6.45, 7) is 0.281. The molecule has 4 amide bonds. The van der Waals surface area contributed by atoms with E-state index in [9.17, 15) is 24.3 Å². The number of nitrogens with two attached hydrogens (primary N) is 2. The van der Waals surface area contributed by atoms with E-state index in [-0.39, 0.29) is 32.7 Å². The van der Waals surface area contributed by atoms with Gasteiger partial charge in [0, 0.05) is 25.7 Å². The molecule has 9 N–H and O–H groups in total. The fourth-order valence-corrected chi connectivity index (χ4v) is 4.44. The quantitative estimate of drug-likeness (QED) is 0.100. The Kier molecular flexibility index (Phi) is 14.5. The second kappa shape index (κ2) is 18.8. The number of hydrogen-bond donors (Lipinski definition) is 7. The van der Waals surface area contributed by atoms with Crippen molar-refractivity contribution in [3.63, 3.8) is 0 Å². The van der Waals surface area contributed by atoms with Gasteiger partial charge in [-0.3, -0.25) is 14.4 Å². The van der Waals surface area contributed by atoms with Gasteiger partial charge >= 0.3 is 6.09 Å². The highest BCUT2D eigenvalue weighted by molar-refractivity contribution is 5.92. The van der Waals surface area contributed by atoms with Crippen LogP contribution in [0.2, 0.25) is 0 Å². The summed E-state index contributed by atoms with van der Waals surface area (Å²) in [5.74, 6) is -2.00. The lowest BCUT2D eigenvalue weighted by atomic mass is 10.0. The molecule has 0 radical (unpaired) electrons. The molecular weight excluding hydrogens is 576 g/mol. The van der Waals surface area contributed by atoms with Crippen molar-refractivity contribution in [2.75, 3.05) is 19.6 Å². The van der Waals surface area contributed by atoms with Crippen LogP contribution in [0.25, 0.3) is 0 Å². The molecule has 0 aromatic heterocycles. The molecule has 0 spiro atoms. The van der Waals surface area contributed by atoms with Gasteiger partial charge in [-0.05, 0) is 29.5 Å². The van der Waals surface area contributed by atoms with E-state index in [0.717, 1.165) is 16.7 Å². The molecule has 0 saturated carbocycles. The standard InChI is InChI=1S/C33H42N6O6/c34-26(18-23-10-4-1-5-11-23)29(40)21-38-28(19-24-12-6-2-7-13-24)32(43)39-27(31(35)42)20-30(41)36-16-17-37-33(44)45-22-25-14-8-3-9-15-25/h1-15,26-29,38,40H,16-22,34H2,(H2,35,42)(H,36,41)(H,37,44)(H,39,43)/t26-,27-,28-,29?/m0/s1. The van der Waals surface area contributed by atoms with Crippen LogP contribution in [0.4, 0.5) is 4.79 Å². The van der Waals surface area contributed by atoms with Crippen molar-refractivity contribution in [3.8, 4) is 0 Å². The second-order valence-corrected chi connectivity index (χ2v) is 10.6. The van der Waals surface area contributed by atoms with E-state index in [1.54, 1.807) is 0 Å². The van der Waals surface area contributed by atoms with Crippen molar-refractivity contribution in [3.05, 3.63) is 108 Å². The highest BCUT2D eigenvalue weighted by atomic mass is 16.5. The van der Waals surface area contributed by atoms with E-state index >= 15 is 0 Å². The summed E-state index contributed by atoms with van der Waals surface area (Å²) in [5.41, 5.74) is 14.4. The smallest absolute Gasteiger partial charge is 0.407 e. The van der Waals surface area contributed by atoms with Crippen LogP contribution in [0, 0.1) is 0 Å². The van der Waals surface area contributed by atoms with Crippen LogP contribution in [0.5, 0.6) is 0 Å². The van der Waals surface area contributed by atoms with Gasteiger partial charge in [-0.25, -0.2) is 4.79 Å². The lowest BCUT2D eigenvalue weighted by Crippen LogP contribution is -2.55. The third-order valence-electron chi connectivity index (χ3n) is 6.96. The van der Waals surface area contributed by atoms with Gasteiger partial charge in [-0.2, -0.15) is 0 Å². The summed E-state index contributed by atoms with van der Waals surface area (Å²) in [4.78, 5) is 49.9. The molecule has 12 heteroatoms. The van der Waals surface area contributed by atoms with Crippen LogP contribution in [0.3, 0.4) is 0 Å². The van der Waals surface area contributed by atoms with Crippen LogP contribution in [-0.4, -0.2) is 72.8 Å². The first kappa shape index (κ1) is 34.7. The van der Waals surface area contributed by atoms with Crippen molar-refractivity contribution in [2.45, 2.75) is 50.1 Å². The topological polar surface area (TPSA) is 198 Å². The average molecular weight is 619 g/mol. The van der Waals surface area contributed by atoms with Crippen LogP contribution in [0.1, 0.15) is 23.1 Å². The third-order valence-corrected chi connectivity index (χ3v) is 6.96. The molecule has 1 unspecified atom stereocenters. The molecule has 0 heterocycles. The molecule has 240 valence electrons. The minimum Gasteiger partial charge on any atom is -0.445 e. The zero-order valence-electron chi connectivity index (χ0n) is 25.1. The maximum absolute atomic E-state index is 13.3. The zero-order chi connectivity index (χ0) is 32.4. The summed E-state index contributed by atoms with van der Waals surface area (Å²) in [5, 5.41) is 21.4. The number of amides is 4. The van der Waals surface area contributed by atoms with E-state index in [4.69, 9.17) is 16.2 Å². The lowest BCUT2D eigenvalue weighted by Gasteiger charge is -2.25. The molecule has 0 bridgehead atoms. The zero-order valence-corrected chi connectivity index (χ0v) is 25.1. The molecule has 0 aliphatic heterocycles. The van der Waals surface area contributed by atoms with Crippen LogP contribution < -0.4 is 32.7 Å². The van der Waals surface area contributed by atoms with Gasteiger partial charge in [0.2, 0.25) is 17.7 Å². The Labute approximate surface area is 262 Å². The number of carbonyl (C=O) groups excluding carboxylic acids is 4. The van der Waals surface area contributed by atoms with E-state index in [0.29, 0.717) is 6.42 Å². The van der Waals surface area contributed by atoms with E-state index in [2.05, 4.69) is 21.3 Å². The largest absolute Gasteiger partial charge is 0.445 e. The van der Waals surface area contributed by atoms with Crippen molar-refractivity contribution in [2.24, 2.45) is 11.5 Å². The maximum atomic E-state index is 13.3. The van der Waals surface area contributed by atoms with Crippen LogP contribution in [-0.2, 0) is 38.6 Å². The molecule has 0 aliphatic rings. The normalized spacial score (nSPS) is 13.5. The minimum atomic E-state index is -1.29. The van der Waals surface area contributed by atoms with Gasteiger partial charge in [0.15, 0.2) is 0 Å². The number of ether oxygens (including phenoxy) is 1. The van der Waals surface area contributed by atoms with Gasteiger partial charge in [0.05, 0.1) is 18.6 Å². The number of primary amides is 1. The summed E-state index contributed by atoms with van der Waals surface area (Å²) in [7, 11) is 0. The molecule has 12 nitrogen and oxygen atoms in total. The molecule has 0 saturated heterocycles. The van der Waals surface area contributed by atoms with Gasteiger partial charge < -0.3 is 42.6 Å². The minimum absolute atomic E-state index is 0.0153. The van der Waals surface area contributed by atoms with E-state index < -0.39 is 54.5 Å². The highest BCUT2D eigenvalue weighted by Gasteiger charge is 2.27. The number of aliphatic hydroxyl groups excluding tert-OH is 1. The predicted molar refractivity (Wildman–Crippen MR) is 169 cm³/mol. The van der Waals surface area contributed by atoms with Crippen molar-refractivity contribution >= 4 is 23.8 Å². The summed E-state index contributed by atoms with van der Waals surface area (Å²) >= 11 is 0. The maximum Gasteiger partial charge on any atom is 0.407 e. The summed E-state index contributed by atoms with van der Waals surface area (Å²) in [6.07, 6.45) is -1.31. The average Bonchev–Trinajstić information content (AvgIpc) is 3.04. The Morgan fingerprint density at radius 3 is 1.84 bits per heavy atom. The van der Waals surface area contributed by atoms with Gasteiger partial charge in [0.25, 0.3) is 0 Å². The lowest BCUT2D eigenvalue weighted by molar-refractivity contribution is -0.131. The molecule has 4 atom stereocenters. The number of rotatable bonds is 18.